The van der Waals surface area contributed by atoms with Crippen LogP contribution in [0.25, 0.3) is 0 Å². The van der Waals surface area contributed by atoms with E-state index in [-0.39, 0.29) is 37.9 Å². The van der Waals surface area contributed by atoms with Crippen molar-refractivity contribution in [1.82, 2.24) is 0 Å². The van der Waals surface area contributed by atoms with Gasteiger partial charge in [-0.15, -0.1) is 0 Å². The van der Waals surface area contributed by atoms with Crippen LogP contribution in [0, 0.1) is 17.8 Å². The highest BCUT2D eigenvalue weighted by atomic mass is 31.2. The zero-order valence-corrected chi connectivity index (χ0v) is 33.8. The number of carbonyl (C=O) groups excluding carboxylic acids is 3. The van der Waals surface area contributed by atoms with Crippen molar-refractivity contribution in [2.45, 2.75) is 173 Å². The number of Topliss-reactive ketones (excluding diaryl/α,β-unsaturated/α-hetero) is 1. The van der Waals surface area contributed by atoms with Gasteiger partial charge >= 0.3 is 19.8 Å². The first-order valence-electron chi connectivity index (χ1n) is 20.2. The van der Waals surface area contributed by atoms with Gasteiger partial charge in [0, 0.05) is 43.9 Å². The van der Waals surface area contributed by atoms with E-state index in [0.717, 1.165) is 50.9 Å². The van der Waals surface area contributed by atoms with Gasteiger partial charge in [-0.1, -0.05) is 97.1 Å². The summed E-state index contributed by atoms with van der Waals surface area (Å²) < 4.78 is 32.5. The molecule has 0 aromatic heterocycles. The van der Waals surface area contributed by atoms with Gasteiger partial charge in [0.05, 0.1) is 38.1 Å². The fourth-order valence-electron chi connectivity index (χ4n) is 6.32. The molecule has 9 atom stereocenters. The highest BCUT2D eigenvalue weighted by molar-refractivity contribution is 7.47. The molecule has 0 amide bonds. The number of carbonyl (C=O) groups is 3. The summed E-state index contributed by atoms with van der Waals surface area (Å²) in [5, 5.41) is 49.5. The molecule has 14 nitrogen and oxygen atoms in total. The number of ether oxygens (including phenoxy) is 2. The minimum Gasteiger partial charge on any atom is -0.462 e. The molecule has 0 radical (unpaired) electrons. The van der Waals surface area contributed by atoms with Crippen molar-refractivity contribution in [3.63, 3.8) is 0 Å². The number of hydrogen-bond acceptors (Lipinski definition) is 13. The normalized spacial score (nSPS) is 22.1. The molecule has 0 spiro atoms. The van der Waals surface area contributed by atoms with E-state index >= 15 is 0 Å². The summed E-state index contributed by atoms with van der Waals surface area (Å²) in [7, 11) is -4.70. The van der Waals surface area contributed by atoms with Crippen molar-refractivity contribution in [3.05, 3.63) is 12.2 Å². The second-order valence-corrected chi connectivity index (χ2v) is 16.3. The highest BCUT2D eigenvalue weighted by Crippen LogP contribution is 2.43. The van der Waals surface area contributed by atoms with Crippen molar-refractivity contribution >= 4 is 25.5 Å². The molecule has 316 valence electrons. The Bertz CT molecular complexity index is 1100. The van der Waals surface area contributed by atoms with Crippen LogP contribution in [0.4, 0.5) is 0 Å². The molecule has 0 aliphatic heterocycles. The summed E-state index contributed by atoms with van der Waals surface area (Å²) in [6, 6.07) is 0. The van der Waals surface area contributed by atoms with E-state index in [9.17, 15) is 44.3 Å². The van der Waals surface area contributed by atoms with Crippen LogP contribution in [0.1, 0.15) is 143 Å². The van der Waals surface area contributed by atoms with E-state index in [1.54, 1.807) is 12.2 Å². The fourth-order valence-corrected chi connectivity index (χ4v) is 7.11. The number of unbranched alkanes of at least 4 members (excludes halogenated alkanes) is 8. The summed E-state index contributed by atoms with van der Waals surface area (Å²) >= 11 is 0. The van der Waals surface area contributed by atoms with Gasteiger partial charge in [-0.25, -0.2) is 4.57 Å². The van der Waals surface area contributed by atoms with Gasteiger partial charge in [0.2, 0.25) is 0 Å². The second-order valence-electron chi connectivity index (χ2n) is 14.9. The van der Waals surface area contributed by atoms with Gasteiger partial charge in [-0.05, 0) is 31.6 Å². The predicted molar refractivity (Wildman–Crippen MR) is 203 cm³/mol. The summed E-state index contributed by atoms with van der Waals surface area (Å²) in [5.41, 5.74) is 0. The Morgan fingerprint density at radius 2 is 1.41 bits per heavy atom. The molecule has 2 unspecified atom stereocenters. The Hall–Kier alpha value is -1.74. The molecule has 15 heteroatoms. The molecule has 1 aliphatic carbocycles. The standard InChI is InChI=1S/C39H71O14P/c1-4-6-11-17-30(41)21-22-34-35(37(45)24-36(34)44)23-31(42)18-14-15-19-38(46)50-27-33(28-52-54(48,49)51-26-32(43)25-40)53-39(47)20-13-10-8-7-9-12-16-29(3)5-2/h21-22,29-30,32-37,40-41,43-45H,4-20,23-28H2,1-3H3,(H,48,49)/b22-21+/t29?,30-,32-,33+,34+,35+,36+,37-/m0/s1. The average Bonchev–Trinajstić information content (AvgIpc) is 3.40. The molecular weight excluding hydrogens is 723 g/mol. The molecular formula is C39H71O14P. The molecule has 54 heavy (non-hydrogen) atoms. The van der Waals surface area contributed by atoms with Crippen LogP contribution in [0.5, 0.6) is 0 Å². The Labute approximate surface area is 322 Å². The molecule has 0 saturated heterocycles. The van der Waals surface area contributed by atoms with Crippen LogP contribution in [-0.2, 0) is 37.5 Å². The van der Waals surface area contributed by atoms with E-state index in [2.05, 4.69) is 25.3 Å². The van der Waals surface area contributed by atoms with Crippen molar-refractivity contribution in [2.24, 2.45) is 17.8 Å². The number of rotatable bonds is 33. The number of phosphoric ester groups is 1. The summed E-state index contributed by atoms with van der Waals surface area (Å²) in [5.74, 6) is -1.52. The van der Waals surface area contributed by atoms with E-state index in [1.807, 2.05) is 0 Å². The maximum Gasteiger partial charge on any atom is 0.472 e. The van der Waals surface area contributed by atoms with Gasteiger partial charge in [0.1, 0.15) is 18.5 Å². The smallest absolute Gasteiger partial charge is 0.462 e. The average molecular weight is 795 g/mol. The number of hydrogen-bond donors (Lipinski definition) is 6. The molecule has 1 rings (SSSR count). The Morgan fingerprint density at radius 1 is 0.796 bits per heavy atom. The van der Waals surface area contributed by atoms with Crippen LogP contribution in [-0.4, -0.2) is 105 Å². The Morgan fingerprint density at radius 3 is 2.09 bits per heavy atom. The molecule has 0 bridgehead atoms. The van der Waals surface area contributed by atoms with Crippen LogP contribution < -0.4 is 0 Å². The minimum atomic E-state index is -4.70. The molecule has 0 aromatic rings. The van der Waals surface area contributed by atoms with Gasteiger partial charge in [-0.2, -0.15) is 0 Å². The van der Waals surface area contributed by atoms with Crippen LogP contribution >= 0.6 is 7.82 Å². The summed E-state index contributed by atoms with van der Waals surface area (Å²) in [6.45, 7) is 4.06. The van der Waals surface area contributed by atoms with E-state index in [4.69, 9.17) is 19.1 Å². The maximum atomic E-state index is 12.8. The number of esters is 2. The van der Waals surface area contributed by atoms with Crippen LogP contribution in [0.3, 0.4) is 0 Å². The monoisotopic (exact) mass is 794 g/mol. The summed E-state index contributed by atoms with van der Waals surface area (Å²) in [4.78, 5) is 47.8. The lowest BCUT2D eigenvalue weighted by Gasteiger charge is -2.20. The lowest BCUT2D eigenvalue weighted by atomic mass is 9.87. The van der Waals surface area contributed by atoms with Gasteiger partial charge in [-0.3, -0.25) is 23.4 Å². The van der Waals surface area contributed by atoms with E-state index in [0.29, 0.717) is 25.7 Å². The first-order chi connectivity index (χ1) is 25.7. The fraction of sp³-hybridized carbons (Fsp3) is 0.872. The number of phosphoric acid groups is 1. The minimum absolute atomic E-state index is 0.0428. The lowest BCUT2D eigenvalue weighted by Crippen LogP contribution is -2.29. The molecule has 1 aliphatic rings. The van der Waals surface area contributed by atoms with Gasteiger partial charge in [0.25, 0.3) is 0 Å². The topological polar surface area (TPSA) is 227 Å². The van der Waals surface area contributed by atoms with Gasteiger partial charge < -0.3 is 39.9 Å². The van der Waals surface area contributed by atoms with Crippen molar-refractivity contribution in [3.8, 4) is 0 Å². The third kappa shape index (κ3) is 24.0. The van der Waals surface area contributed by atoms with Crippen molar-refractivity contribution < 1.29 is 67.9 Å². The maximum absolute atomic E-state index is 12.8. The molecule has 1 fully saturated rings. The van der Waals surface area contributed by atoms with Crippen LogP contribution in [0.15, 0.2) is 12.2 Å². The zero-order chi connectivity index (χ0) is 40.4. The summed E-state index contributed by atoms with van der Waals surface area (Å²) in [6.07, 6.45) is 11.3. The first-order valence-corrected chi connectivity index (χ1v) is 21.7. The molecule has 0 aromatic carbocycles. The second kappa shape index (κ2) is 29.5. The Kier molecular flexibility index (Phi) is 27.5. The van der Waals surface area contributed by atoms with E-state index in [1.165, 1.54) is 19.3 Å². The van der Waals surface area contributed by atoms with Crippen LogP contribution in [0.2, 0.25) is 0 Å². The third-order valence-electron chi connectivity index (χ3n) is 9.94. The van der Waals surface area contributed by atoms with Crippen molar-refractivity contribution in [1.29, 1.82) is 0 Å². The molecule has 1 saturated carbocycles. The molecule has 6 N–H and O–H groups in total. The number of aliphatic hydroxyl groups excluding tert-OH is 5. The predicted octanol–water partition coefficient (Wildman–Crippen LogP) is 5.47. The lowest BCUT2D eigenvalue weighted by molar-refractivity contribution is -0.161. The zero-order valence-electron chi connectivity index (χ0n) is 32.9. The van der Waals surface area contributed by atoms with E-state index < -0.39 is 88.5 Å². The third-order valence-corrected chi connectivity index (χ3v) is 10.9. The highest BCUT2D eigenvalue weighted by Gasteiger charge is 2.41. The SMILES string of the molecule is CCCCC[C@H](O)/C=C/[C@@H]1[C@@H](CC(=O)CCCCC(=O)OC[C@H](COP(=O)(O)OC[C@@H](O)CO)OC(=O)CCCCCCCCC(C)CC)[C@@H](O)C[C@H]1O. The van der Waals surface area contributed by atoms with Gasteiger partial charge in [0.15, 0.2) is 6.10 Å². The number of aliphatic hydroxyl groups is 5. The molecule has 0 heterocycles. The first kappa shape index (κ1) is 50.3. The Balaban J connectivity index is 2.54. The van der Waals surface area contributed by atoms with Crippen molar-refractivity contribution in [2.75, 3.05) is 26.4 Å². The largest absolute Gasteiger partial charge is 0.472 e. The number of ketones is 1. The quantitative estimate of drug-likeness (QED) is 0.0210.